The minimum atomic E-state index is -0.949. The van der Waals surface area contributed by atoms with E-state index in [2.05, 4.69) is 4.98 Å². The molecular weight excluding hydrogens is 472 g/mol. The highest BCUT2D eigenvalue weighted by Crippen LogP contribution is 2.44. The first kappa shape index (κ1) is 22.1. The smallest absolute Gasteiger partial charge is 0.294 e. The molecule has 1 unspecified atom stereocenters. The van der Waals surface area contributed by atoms with Crippen molar-refractivity contribution in [1.29, 1.82) is 0 Å². The van der Waals surface area contributed by atoms with Gasteiger partial charge in [0, 0.05) is 16.3 Å². The standard InChI is InChI=1S/C26H19ClN2O4S/c1-14-10-11-17(13-18(14)27)29-21(19-9-6-12-33-19)20(23(31)26(29)32)22(30)24-15(2)28-25(34-24)16-7-4-3-5-8-16/h3-13,21,31H,1-2H3. The van der Waals surface area contributed by atoms with Gasteiger partial charge in [-0.25, -0.2) is 4.98 Å². The topological polar surface area (TPSA) is 83.6 Å². The molecule has 0 bridgehead atoms. The molecule has 0 saturated heterocycles. The van der Waals surface area contributed by atoms with E-state index >= 15 is 0 Å². The monoisotopic (exact) mass is 490 g/mol. The summed E-state index contributed by atoms with van der Waals surface area (Å²) >= 11 is 7.54. The number of halogens is 1. The number of amides is 1. The second kappa shape index (κ2) is 8.59. The predicted molar refractivity (Wildman–Crippen MR) is 131 cm³/mol. The summed E-state index contributed by atoms with van der Waals surface area (Å²) in [6.07, 6.45) is 1.46. The number of Topliss-reactive ketones (excluding diaryl/α,β-unsaturated/α-hetero) is 1. The van der Waals surface area contributed by atoms with Crippen molar-refractivity contribution in [2.75, 3.05) is 4.90 Å². The van der Waals surface area contributed by atoms with Crippen LogP contribution in [0.25, 0.3) is 10.6 Å². The molecule has 170 valence electrons. The SMILES string of the molecule is Cc1ccc(N2C(=O)C(O)=C(C(=O)c3sc(-c4ccccc4)nc3C)C2c2ccco2)cc1Cl. The zero-order valence-corrected chi connectivity index (χ0v) is 19.9. The molecule has 1 N–H and O–H groups in total. The van der Waals surface area contributed by atoms with Gasteiger partial charge in [-0.05, 0) is 43.7 Å². The number of furan rings is 1. The van der Waals surface area contributed by atoms with Crippen LogP contribution in [0, 0.1) is 13.8 Å². The van der Waals surface area contributed by atoms with E-state index in [0.717, 1.165) is 11.1 Å². The molecule has 1 amide bonds. The fraction of sp³-hybridized carbons (Fsp3) is 0.115. The van der Waals surface area contributed by atoms with Gasteiger partial charge in [0.25, 0.3) is 5.91 Å². The predicted octanol–water partition coefficient (Wildman–Crippen LogP) is 6.46. The number of nitrogens with zero attached hydrogens (tertiary/aromatic N) is 2. The van der Waals surface area contributed by atoms with Crippen LogP contribution >= 0.6 is 22.9 Å². The van der Waals surface area contributed by atoms with E-state index < -0.39 is 23.5 Å². The highest BCUT2D eigenvalue weighted by atomic mass is 35.5. The maximum Gasteiger partial charge on any atom is 0.294 e. The van der Waals surface area contributed by atoms with Crippen LogP contribution in [-0.4, -0.2) is 21.8 Å². The number of aliphatic hydroxyl groups excluding tert-OH is 1. The summed E-state index contributed by atoms with van der Waals surface area (Å²) in [6.45, 7) is 3.59. The number of hydrogen-bond donors (Lipinski definition) is 1. The van der Waals surface area contributed by atoms with E-state index in [4.69, 9.17) is 16.0 Å². The number of aliphatic hydroxyl groups is 1. The molecule has 2 aromatic carbocycles. The Kier molecular flexibility index (Phi) is 5.59. The molecule has 1 aliphatic rings. The van der Waals surface area contributed by atoms with Crippen LogP contribution in [0.4, 0.5) is 5.69 Å². The van der Waals surface area contributed by atoms with Gasteiger partial charge in [0.15, 0.2) is 5.76 Å². The highest BCUT2D eigenvalue weighted by molar-refractivity contribution is 7.17. The lowest BCUT2D eigenvalue weighted by Crippen LogP contribution is -2.30. The Morgan fingerprint density at radius 2 is 1.88 bits per heavy atom. The lowest BCUT2D eigenvalue weighted by atomic mass is 9.99. The van der Waals surface area contributed by atoms with Crippen LogP contribution in [0.1, 0.15) is 32.7 Å². The molecule has 0 fully saturated rings. The van der Waals surface area contributed by atoms with Crippen molar-refractivity contribution in [3.05, 3.63) is 105 Å². The third-order valence-electron chi connectivity index (χ3n) is 5.72. The molecule has 6 nitrogen and oxygen atoms in total. The molecule has 3 heterocycles. The molecule has 5 rings (SSSR count). The van der Waals surface area contributed by atoms with Crippen molar-refractivity contribution in [3.63, 3.8) is 0 Å². The van der Waals surface area contributed by atoms with Gasteiger partial charge in [0.1, 0.15) is 16.8 Å². The van der Waals surface area contributed by atoms with E-state index in [1.54, 1.807) is 37.3 Å². The number of carbonyl (C=O) groups excluding carboxylic acids is 2. The number of anilines is 1. The van der Waals surface area contributed by atoms with Crippen LogP contribution in [0.15, 0.2) is 82.7 Å². The van der Waals surface area contributed by atoms with Gasteiger partial charge in [-0.3, -0.25) is 14.5 Å². The maximum atomic E-state index is 13.8. The Balaban J connectivity index is 1.61. The zero-order chi connectivity index (χ0) is 24.0. The van der Waals surface area contributed by atoms with Crippen molar-refractivity contribution in [3.8, 4) is 10.6 Å². The molecule has 0 saturated carbocycles. The normalized spacial score (nSPS) is 15.9. The lowest BCUT2D eigenvalue weighted by Gasteiger charge is -2.25. The fourth-order valence-corrected chi connectivity index (χ4v) is 5.19. The maximum absolute atomic E-state index is 13.8. The number of thiazole rings is 1. The third kappa shape index (κ3) is 3.63. The summed E-state index contributed by atoms with van der Waals surface area (Å²) in [5, 5.41) is 12.1. The van der Waals surface area contributed by atoms with Crippen molar-refractivity contribution in [1.82, 2.24) is 4.98 Å². The Morgan fingerprint density at radius 1 is 1.12 bits per heavy atom. The van der Waals surface area contributed by atoms with Crippen LogP contribution in [0.5, 0.6) is 0 Å². The summed E-state index contributed by atoms with van der Waals surface area (Å²) in [4.78, 5) is 33.3. The number of aryl methyl sites for hydroxylation is 2. The first-order valence-corrected chi connectivity index (χ1v) is 11.7. The summed E-state index contributed by atoms with van der Waals surface area (Å²) < 4.78 is 5.60. The number of aromatic nitrogens is 1. The quantitative estimate of drug-likeness (QED) is 0.325. The molecule has 2 aromatic heterocycles. The fourth-order valence-electron chi connectivity index (χ4n) is 3.98. The minimum absolute atomic E-state index is 0.0528. The highest BCUT2D eigenvalue weighted by Gasteiger charge is 2.46. The first-order chi connectivity index (χ1) is 16.4. The van der Waals surface area contributed by atoms with Crippen LogP contribution in [0.3, 0.4) is 0 Å². The van der Waals surface area contributed by atoms with Gasteiger partial charge >= 0.3 is 0 Å². The van der Waals surface area contributed by atoms with E-state index in [1.165, 1.54) is 22.5 Å². The molecule has 1 atom stereocenters. The zero-order valence-electron chi connectivity index (χ0n) is 18.3. The molecule has 0 aliphatic carbocycles. The molecule has 0 radical (unpaired) electrons. The van der Waals surface area contributed by atoms with Crippen LogP contribution < -0.4 is 4.90 Å². The lowest BCUT2D eigenvalue weighted by molar-refractivity contribution is -0.117. The van der Waals surface area contributed by atoms with Gasteiger partial charge in [-0.2, -0.15) is 0 Å². The Hall–Kier alpha value is -3.68. The van der Waals surface area contributed by atoms with Crippen LogP contribution in [-0.2, 0) is 4.79 Å². The number of hydrogen-bond acceptors (Lipinski definition) is 6. The number of ketones is 1. The molecule has 8 heteroatoms. The Bertz CT molecular complexity index is 1440. The van der Waals surface area contributed by atoms with Gasteiger partial charge in [-0.1, -0.05) is 48.0 Å². The largest absolute Gasteiger partial charge is 0.503 e. The molecule has 34 heavy (non-hydrogen) atoms. The number of carbonyl (C=O) groups is 2. The van der Waals surface area contributed by atoms with Gasteiger partial charge in [-0.15, -0.1) is 11.3 Å². The second-order valence-electron chi connectivity index (χ2n) is 7.92. The minimum Gasteiger partial charge on any atom is -0.503 e. The second-order valence-corrected chi connectivity index (χ2v) is 9.32. The van der Waals surface area contributed by atoms with Crippen molar-refractivity contribution in [2.24, 2.45) is 0 Å². The molecular formula is C26H19ClN2O4S. The first-order valence-electron chi connectivity index (χ1n) is 10.5. The molecule has 1 aliphatic heterocycles. The van der Waals surface area contributed by atoms with Crippen LogP contribution in [0.2, 0.25) is 5.02 Å². The van der Waals surface area contributed by atoms with Gasteiger partial charge in [0.2, 0.25) is 5.78 Å². The average molecular weight is 491 g/mol. The number of rotatable bonds is 5. The van der Waals surface area contributed by atoms with E-state index in [1.807, 2.05) is 37.3 Å². The van der Waals surface area contributed by atoms with Crippen molar-refractivity contribution < 1.29 is 19.1 Å². The summed E-state index contributed by atoms with van der Waals surface area (Å²) in [5.74, 6) is -1.43. The van der Waals surface area contributed by atoms with Crippen molar-refractivity contribution >= 4 is 40.3 Å². The average Bonchev–Trinajstić information content (AvgIpc) is 3.55. The van der Waals surface area contributed by atoms with Gasteiger partial charge in [0.05, 0.1) is 22.4 Å². The number of benzene rings is 2. The van der Waals surface area contributed by atoms with Gasteiger partial charge < -0.3 is 9.52 Å². The summed E-state index contributed by atoms with van der Waals surface area (Å²) in [7, 11) is 0. The van der Waals surface area contributed by atoms with E-state index in [-0.39, 0.29) is 5.57 Å². The van der Waals surface area contributed by atoms with E-state index in [0.29, 0.717) is 32.0 Å². The Morgan fingerprint density at radius 3 is 2.56 bits per heavy atom. The summed E-state index contributed by atoms with van der Waals surface area (Å²) in [6, 6.07) is 17.1. The molecule has 4 aromatic rings. The molecule has 0 spiro atoms. The van der Waals surface area contributed by atoms with E-state index in [9.17, 15) is 14.7 Å². The van der Waals surface area contributed by atoms with Crippen molar-refractivity contribution in [2.45, 2.75) is 19.9 Å². The third-order valence-corrected chi connectivity index (χ3v) is 7.34. The summed E-state index contributed by atoms with van der Waals surface area (Å²) in [5.41, 5.74) is 2.64. The Labute approximate surface area is 204 Å².